The molecule has 0 radical (unpaired) electrons. The monoisotopic (exact) mass is 417 g/mol. The average Bonchev–Trinajstić information content (AvgIpc) is 3.11. The maximum Gasteiger partial charge on any atom is 0.240 e. The zero-order valence-electron chi connectivity index (χ0n) is 15.6. The molecule has 1 aromatic carbocycles. The van der Waals surface area contributed by atoms with Crippen LogP contribution in [0.25, 0.3) is 10.2 Å². The molecular weight excluding hydrogens is 394 g/mol. The first-order valence-corrected chi connectivity index (χ1v) is 11.1. The number of nitrogens with one attached hydrogen (secondary N) is 1. The molecule has 4 rings (SSSR count). The minimum absolute atomic E-state index is 0.0181. The highest BCUT2D eigenvalue weighted by atomic mass is 32.2. The number of morpholine rings is 1. The van der Waals surface area contributed by atoms with Crippen LogP contribution >= 0.6 is 23.1 Å². The molecule has 2 saturated heterocycles. The number of aromatic nitrogens is 1. The summed E-state index contributed by atoms with van der Waals surface area (Å²) in [7, 11) is 0. The van der Waals surface area contributed by atoms with E-state index in [0.717, 1.165) is 79.1 Å². The Hall–Kier alpha value is -1.70. The summed E-state index contributed by atoms with van der Waals surface area (Å²) in [5, 5.41) is 14.4. The molecule has 0 saturated carbocycles. The third kappa shape index (κ3) is 4.82. The predicted octanol–water partition coefficient (Wildman–Crippen LogP) is 2.60. The number of nitriles is 1. The lowest BCUT2D eigenvalue weighted by Gasteiger charge is -2.39. The van der Waals surface area contributed by atoms with Crippen molar-refractivity contribution in [2.45, 2.75) is 23.8 Å². The number of fused-ring (bicyclic) bond motifs is 1. The van der Waals surface area contributed by atoms with E-state index in [2.05, 4.69) is 25.5 Å². The predicted molar refractivity (Wildman–Crippen MR) is 112 cm³/mol. The molecule has 7 nitrogen and oxygen atoms in total. The van der Waals surface area contributed by atoms with Crippen LogP contribution in [-0.2, 0) is 9.53 Å². The van der Waals surface area contributed by atoms with Gasteiger partial charge in [-0.2, -0.15) is 5.26 Å². The molecule has 1 N–H and O–H groups in total. The summed E-state index contributed by atoms with van der Waals surface area (Å²) in [5.74, 6) is -0.0181. The number of thioether (sulfide) groups is 1. The van der Waals surface area contributed by atoms with Crippen LogP contribution in [0.4, 0.5) is 5.13 Å². The van der Waals surface area contributed by atoms with Crippen molar-refractivity contribution in [3.63, 3.8) is 0 Å². The van der Waals surface area contributed by atoms with Crippen molar-refractivity contribution >= 4 is 44.4 Å². The number of anilines is 1. The highest BCUT2D eigenvalue weighted by Gasteiger charge is 2.26. The second-order valence-electron chi connectivity index (χ2n) is 7.05. The fourth-order valence-electron chi connectivity index (χ4n) is 3.82. The topological polar surface area (TPSA) is 81.5 Å². The fraction of sp³-hybridized carbons (Fsp3) is 0.526. The van der Waals surface area contributed by atoms with Crippen LogP contribution in [0.1, 0.15) is 12.8 Å². The molecule has 2 aromatic rings. The summed E-state index contributed by atoms with van der Waals surface area (Å²) >= 11 is 2.57. The van der Waals surface area contributed by atoms with Crippen LogP contribution in [0.3, 0.4) is 0 Å². The molecule has 9 heteroatoms. The SMILES string of the molecule is N#CSc1ccc2nc(NC(=O)CN3CCC(N4CCOCC4)CC3)sc2c1. The maximum absolute atomic E-state index is 12.4. The van der Waals surface area contributed by atoms with Crippen LogP contribution in [0.5, 0.6) is 0 Å². The molecule has 0 aliphatic carbocycles. The third-order valence-corrected chi connectivity index (χ3v) is 6.77. The van der Waals surface area contributed by atoms with E-state index in [1.54, 1.807) is 0 Å². The molecule has 148 valence electrons. The van der Waals surface area contributed by atoms with Crippen LogP contribution < -0.4 is 5.32 Å². The number of carbonyl (C=O) groups excluding carboxylic acids is 1. The Kier molecular flexibility index (Phi) is 6.44. The number of benzene rings is 1. The van der Waals surface area contributed by atoms with E-state index in [1.807, 2.05) is 18.2 Å². The lowest BCUT2D eigenvalue weighted by Crippen LogP contribution is -2.50. The van der Waals surface area contributed by atoms with Crippen molar-refractivity contribution in [1.29, 1.82) is 5.26 Å². The molecule has 1 amide bonds. The molecule has 0 unspecified atom stereocenters. The smallest absolute Gasteiger partial charge is 0.240 e. The number of rotatable bonds is 5. The molecule has 28 heavy (non-hydrogen) atoms. The number of hydrogen-bond acceptors (Lipinski definition) is 8. The summed E-state index contributed by atoms with van der Waals surface area (Å²) in [6.07, 6.45) is 2.21. The Balaban J connectivity index is 1.27. The first-order chi connectivity index (χ1) is 13.7. The average molecular weight is 418 g/mol. The number of nitrogens with zero attached hydrogens (tertiary/aromatic N) is 4. The second kappa shape index (κ2) is 9.20. The lowest BCUT2D eigenvalue weighted by molar-refractivity contribution is -0.117. The van der Waals surface area contributed by atoms with E-state index in [-0.39, 0.29) is 5.91 Å². The van der Waals surface area contributed by atoms with E-state index in [9.17, 15) is 4.79 Å². The van der Waals surface area contributed by atoms with Gasteiger partial charge in [0.1, 0.15) is 5.40 Å². The van der Waals surface area contributed by atoms with Gasteiger partial charge in [0.2, 0.25) is 5.91 Å². The number of thiazole rings is 1. The maximum atomic E-state index is 12.4. The molecule has 0 spiro atoms. The van der Waals surface area contributed by atoms with Crippen molar-refractivity contribution in [3.05, 3.63) is 18.2 Å². The first kappa shape index (κ1) is 19.6. The normalized spacial score (nSPS) is 19.5. The Bertz CT molecular complexity index is 867. The quantitative estimate of drug-likeness (QED) is 0.591. The van der Waals surface area contributed by atoms with Gasteiger partial charge < -0.3 is 10.1 Å². The summed E-state index contributed by atoms with van der Waals surface area (Å²) < 4.78 is 6.41. The third-order valence-electron chi connectivity index (χ3n) is 5.26. The highest BCUT2D eigenvalue weighted by Crippen LogP contribution is 2.30. The van der Waals surface area contributed by atoms with Gasteiger partial charge in [0.25, 0.3) is 0 Å². The van der Waals surface area contributed by atoms with Gasteiger partial charge in [0.15, 0.2) is 5.13 Å². The van der Waals surface area contributed by atoms with Crippen molar-refractivity contribution in [3.8, 4) is 5.40 Å². The molecule has 1 aromatic heterocycles. The first-order valence-electron chi connectivity index (χ1n) is 9.52. The zero-order valence-corrected chi connectivity index (χ0v) is 17.2. The number of carbonyl (C=O) groups is 1. The Morgan fingerprint density at radius 2 is 2.11 bits per heavy atom. The standard InChI is InChI=1S/C19H23N5O2S2/c20-13-27-15-1-2-16-17(11-15)28-19(21-16)22-18(25)12-23-5-3-14(4-6-23)24-7-9-26-10-8-24/h1-2,11,14H,3-10,12H2,(H,21,22,25). The van der Waals surface area contributed by atoms with Crippen LogP contribution in [-0.4, -0.2) is 72.7 Å². The van der Waals surface area contributed by atoms with Gasteiger partial charge in [-0.1, -0.05) is 11.3 Å². The van der Waals surface area contributed by atoms with Crippen LogP contribution in [0.2, 0.25) is 0 Å². The number of hydrogen-bond donors (Lipinski definition) is 1. The molecule has 2 aliphatic rings. The summed E-state index contributed by atoms with van der Waals surface area (Å²) in [5.41, 5.74) is 0.842. The van der Waals surface area contributed by atoms with E-state index >= 15 is 0 Å². The number of piperidine rings is 1. The fourth-order valence-corrected chi connectivity index (χ4v) is 5.24. The zero-order chi connectivity index (χ0) is 19.3. The van der Waals surface area contributed by atoms with E-state index in [0.29, 0.717) is 17.7 Å². The van der Waals surface area contributed by atoms with Gasteiger partial charge in [-0.3, -0.25) is 14.6 Å². The van der Waals surface area contributed by atoms with E-state index in [1.165, 1.54) is 11.3 Å². The highest BCUT2D eigenvalue weighted by molar-refractivity contribution is 8.03. The van der Waals surface area contributed by atoms with Crippen LogP contribution in [0.15, 0.2) is 23.1 Å². The summed E-state index contributed by atoms with van der Waals surface area (Å²) in [4.78, 5) is 22.6. The van der Waals surface area contributed by atoms with Crippen molar-refractivity contribution in [2.24, 2.45) is 0 Å². The molecular formula is C19H23N5O2S2. The van der Waals surface area contributed by atoms with Crippen molar-refractivity contribution < 1.29 is 9.53 Å². The number of ether oxygens (including phenoxy) is 1. The number of thiocyanates is 1. The molecule has 2 fully saturated rings. The minimum atomic E-state index is -0.0181. The number of likely N-dealkylation sites (tertiary alicyclic amines) is 1. The van der Waals surface area contributed by atoms with Gasteiger partial charge >= 0.3 is 0 Å². The van der Waals surface area contributed by atoms with E-state index < -0.39 is 0 Å². The number of amides is 1. The van der Waals surface area contributed by atoms with Gasteiger partial charge in [-0.05, 0) is 42.8 Å². The lowest BCUT2D eigenvalue weighted by atomic mass is 10.0. The van der Waals surface area contributed by atoms with Gasteiger partial charge in [0.05, 0.1) is 30.0 Å². The molecule has 0 bridgehead atoms. The van der Waals surface area contributed by atoms with Gasteiger partial charge in [0, 0.05) is 37.1 Å². The largest absolute Gasteiger partial charge is 0.379 e. The minimum Gasteiger partial charge on any atom is -0.379 e. The molecule has 3 heterocycles. The summed E-state index contributed by atoms with van der Waals surface area (Å²) in [6, 6.07) is 6.32. The van der Waals surface area contributed by atoms with Gasteiger partial charge in [-0.25, -0.2) is 4.98 Å². The van der Waals surface area contributed by atoms with Crippen LogP contribution in [0, 0.1) is 10.7 Å². The van der Waals surface area contributed by atoms with E-state index in [4.69, 9.17) is 10.00 Å². The summed E-state index contributed by atoms with van der Waals surface area (Å²) in [6.45, 7) is 6.02. The molecule has 0 atom stereocenters. The van der Waals surface area contributed by atoms with Crippen molar-refractivity contribution in [2.75, 3.05) is 51.3 Å². The van der Waals surface area contributed by atoms with Crippen molar-refractivity contribution in [1.82, 2.24) is 14.8 Å². The Morgan fingerprint density at radius 1 is 1.32 bits per heavy atom. The van der Waals surface area contributed by atoms with Gasteiger partial charge in [-0.15, -0.1) is 0 Å². The Morgan fingerprint density at radius 3 is 2.86 bits per heavy atom. The molecule has 2 aliphatic heterocycles. The Labute approximate surface area is 172 Å². The second-order valence-corrected chi connectivity index (χ2v) is 8.93.